The number of para-hydroxylation sites is 1. The fourth-order valence-electron chi connectivity index (χ4n) is 1.88. The molecular weight excluding hydrogens is 236 g/mol. The topological polar surface area (TPSA) is 44.0 Å². The van der Waals surface area contributed by atoms with Gasteiger partial charge in [0, 0.05) is 18.8 Å². The van der Waals surface area contributed by atoms with Crippen LogP contribution in [-0.2, 0) is 13.6 Å². The highest BCUT2D eigenvalue weighted by Crippen LogP contribution is 2.08. The lowest BCUT2D eigenvalue weighted by molar-refractivity contribution is 0.624. The Morgan fingerprint density at radius 1 is 1.29 bits per heavy atom. The first-order chi connectivity index (χ1) is 8.02. The number of benzene rings is 1. The summed E-state index contributed by atoms with van der Waals surface area (Å²) in [6.07, 6.45) is 0. The molecule has 0 aliphatic heterocycles. The smallest absolute Gasteiger partial charge is 0.292 e. The SMILES string of the molecule is CC(S)Cn1c(=O)n(C)c(=O)c2ccccc21. The molecule has 2 aromatic rings. The molecule has 0 radical (unpaired) electrons. The van der Waals surface area contributed by atoms with E-state index in [1.165, 1.54) is 7.05 Å². The summed E-state index contributed by atoms with van der Waals surface area (Å²) in [4.78, 5) is 23.9. The Morgan fingerprint density at radius 2 is 1.94 bits per heavy atom. The molecule has 0 fully saturated rings. The Hall–Kier alpha value is -1.49. The second kappa shape index (κ2) is 4.41. The van der Waals surface area contributed by atoms with E-state index in [1.807, 2.05) is 13.0 Å². The largest absolute Gasteiger partial charge is 0.331 e. The first-order valence-corrected chi connectivity index (χ1v) is 5.90. The molecule has 4 nitrogen and oxygen atoms in total. The van der Waals surface area contributed by atoms with Gasteiger partial charge in [0.15, 0.2) is 0 Å². The molecule has 0 saturated carbocycles. The molecule has 1 aromatic heterocycles. The van der Waals surface area contributed by atoms with Crippen molar-refractivity contribution >= 4 is 23.5 Å². The van der Waals surface area contributed by atoms with Gasteiger partial charge in [-0.15, -0.1) is 0 Å². The van der Waals surface area contributed by atoms with Crippen LogP contribution >= 0.6 is 12.6 Å². The van der Waals surface area contributed by atoms with Crippen LogP contribution in [0.15, 0.2) is 33.9 Å². The van der Waals surface area contributed by atoms with Crippen molar-refractivity contribution in [1.82, 2.24) is 9.13 Å². The average Bonchev–Trinajstić information content (AvgIpc) is 2.31. The highest BCUT2D eigenvalue weighted by molar-refractivity contribution is 7.80. The molecule has 5 heteroatoms. The van der Waals surface area contributed by atoms with Gasteiger partial charge in [0.05, 0.1) is 10.9 Å². The Kier molecular flexibility index (Phi) is 3.11. The maximum absolute atomic E-state index is 12.0. The molecule has 0 saturated heterocycles. The molecule has 0 bridgehead atoms. The number of fused-ring (bicyclic) bond motifs is 1. The number of hydrogen-bond acceptors (Lipinski definition) is 3. The predicted molar refractivity (Wildman–Crippen MR) is 71.9 cm³/mol. The molecule has 90 valence electrons. The summed E-state index contributed by atoms with van der Waals surface area (Å²) in [6, 6.07) is 7.13. The van der Waals surface area contributed by atoms with E-state index in [9.17, 15) is 9.59 Å². The summed E-state index contributed by atoms with van der Waals surface area (Å²) in [6.45, 7) is 2.39. The van der Waals surface area contributed by atoms with Crippen molar-refractivity contribution in [2.45, 2.75) is 18.7 Å². The van der Waals surface area contributed by atoms with Gasteiger partial charge in [-0.25, -0.2) is 4.79 Å². The standard InChI is InChI=1S/C12H14N2O2S/c1-8(17)7-14-10-6-4-3-5-9(10)11(15)13(2)12(14)16/h3-6,8,17H,7H2,1-2H3. The number of thiol groups is 1. The van der Waals surface area contributed by atoms with Crippen molar-refractivity contribution in [3.05, 3.63) is 45.1 Å². The summed E-state index contributed by atoms with van der Waals surface area (Å²) in [5, 5.41) is 0.609. The van der Waals surface area contributed by atoms with Gasteiger partial charge in [0.25, 0.3) is 5.56 Å². The number of aromatic nitrogens is 2. The minimum atomic E-state index is -0.297. The lowest BCUT2D eigenvalue weighted by Gasteiger charge is -2.13. The van der Waals surface area contributed by atoms with Gasteiger partial charge < -0.3 is 0 Å². The van der Waals surface area contributed by atoms with Crippen LogP contribution in [0.2, 0.25) is 0 Å². The van der Waals surface area contributed by atoms with E-state index in [-0.39, 0.29) is 16.5 Å². The van der Waals surface area contributed by atoms with Crippen LogP contribution in [0.4, 0.5) is 0 Å². The molecule has 0 spiro atoms. The molecular formula is C12H14N2O2S. The van der Waals surface area contributed by atoms with Crippen LogP contribution in [0.3, 0.4) is 0 Å². The second-order valence-corrected chi connectivity index (χ2v) is 5.01. The van der Waals surface area contributed by atoms with Crippen LogP contribution in [-0.4, -0.2) is 14.4 Å². The summed E-state index contributed by atoms with van der Waals surface area (Å²) < 4.78 is 2.73. The molecule has 1 atom stereocenters. The Labute approximate surface area is 104 Å². The third-order valence-electron chi connectivity index (χ3n) is 2.69. The molecule has 0 amide bonds. The van der Waals surface area contributed by atoms with Gasteiger partial charge in [-0.3, -0.25) is 13.9 Å². The van der Waals surface area contributed by atoms with Crippen molar-refractivity contribution in [2.24, 2.45) is 7.05 Å². The normalized spacial score (nSPS) is 12.9. The molecule has 0 N–H and O–H groups in total. The average molecular weight is 250 g/mol. The second-order valence-electron chi connectivity index (χ2n) is 4.12. The van der Waals surface area contributed by atoms with E-state index in [0.717, 1.165) is 4.57 Å². The van der Waals surface area contributed by atoms with Gasteiger partial charge in [-0.05, 0) is 12.1 Å². The molecule has 1 aromatic carbocycles. The molecule has 2 rings (SSSR count). The third-order valence-corrected chi connectivity index (χ3v) is 2.86. The predicted octanol–water partition coefficient (Wildman–Crippen LogP) is 1.02. The summed E-state index contributed by atoms with van der Waals surface area (Å²) in [5.41, 5.74) is 0.116. The van der Waals surface area contributed by atoms with E-state index < -0.39 is 0 Å². The quantitative estimate of drug-likeness (QED) is 0.809. The Balaban J connectivity index is 2.91. The highest BCUT2D eigenvalue weighted by atomic mass is 32.1. The molecule has 1 unspecified atom stereocenters. The van der Waals surface area contributed by atoms with Crippen LogP contribution in [0.25, 0.3) is 10.9 Å². The minimum absolute atomic E-state index is 0.0496. The fraction of sp³-hybridized carbons (Fsp3) is 0.333. The number of rotatable bonds is 2. The zero-order valence-corrected chi connectivity index (χ0v) is 10.6. The van der Waals surface area contributed by atoms with E-state index in [1.54, 1.807) is 22.8 Å². The maximum Gasteiger partial charge on any atom is 0.331 e. The van der Waals surface area contributed by atoms with Crippen LogP contribution in [0, 0.1) is 0 Å². The molecule has 17 heavy (non-hydrogen) atoms. The lowest BCUT2D eigenvalue weighted by Crippen LogP contribution is -2.39. The monoisotopic (exact) mass is 250 g/mol. The summed E-state index contributed by atoms with van der Waals surface area (Å²) >= 11 is 4.30. The van der Waals surface area contributed by atoms with E-state index in [2.05, 4.69) is 12.6 Å². The number of hydrogen-bond donors (Lipinski definition) is 1. The highest BCUT2D eigenvalue weighted by Gasteiger charge is 2.10. The zero-order valence-electron chi connectivity index (χ0n) is 9.75. The molecule has 1 heterocycles. The third kappa shape index (κ3) is 2.02. The van der Waals surface area contributed by atoms with Gasteiger partial charge >= 0.3 is 5.69 Å². The number of nitrogens with zero attached hydrogens (tertiary/aromatic N) is 2. The van der Waals surface area contributed by atoms with Gasteiger partial charge in [-0.2, -0.15) is 12.6 Å². The maximum atomic E-state index is 12.0. The summed E-state index contributed by atoms with van der Waals surface area (Å²) in [5.74, 6) is 0. The van der Waals surface area contributed by atoms with Gasteiger partial charge in [-0.1, -0.05) is 19.1 Å². The van der Waals surface area contributed by atoms with Crippen molar-refractivity contribution < 1.29 is 0 Å². The van der Waals surface area contributed by atoms with Crippen molar-refractivity contribution in [3.8, 4) is 0 Å². The van der Waals surface area contributed by atoms with Crippen molar-refractivity contribution in [3.63, 3.8) is 0 Å². The van der Waals surface area contributed by atoms with E-state index in [0.29, 0.717) is 17.4 Å². The fourth-order valence-corrected chi connectivity index (χ4v) is 2.05. The first kappa shape index (κ1) is 12.0. The van der Waals surface area contributed by atoms with Gasteiger partial charge in [0.1, 0.15) is 0 Å². The van der Waals surface area contributed by atoms with E-state index >= 15 is 0 Å². The Morgan fingerprint density at radius 3 is 2.59 bits per heavy atom. The first-order valence-electron chi connectivity index (χ1n) is 5.39. The lowest BCUT2D eigenvalue weighted by atomic mass is 10.2. The van der Waals surface area contributed by atoms with Crippen molar-refractivity contribution in [2.75, 3.05) is 0 Å². The van der Waals surface area contributed by atoms with Crippen LogP contribution in [0.1, 0.15) is 6.92 Å². The van der Waals surface area contributed by atoms with Crippen LogP contribution in [0.5, 0.6) is 0 Å². The minimum Gasteiger partial charge on any atom is -0.292 e. The summed E-state index contributed by atoms with van der Waals surface area (Å²) in [7, 11) is 1.50. The Bertz CT molecular complexity index is 670. The molecule has 0 aliphatic carbocycles. The van der Waals surface area contributed by atoms with E-state index in [4.69, 9.17) is 0 Å². The molecule has 0 aliphatic rings. The zero-order chi connectivity index (χ0) is 12.6. The van der Waals surface area contributed by atoms with Crippen LogP contribution < -0.4 is 11.2 Å². The van der Waals surface area contributed by atoms with Crippen molar-refractivity contribution in [1.29, 1.82) is 0 Å². The van der Waals surface area contributed by atoms with Gasteiger partial charge in [0.2, 0.25) is 0 Å².